The number of benzene rings is 1. The van der Waals surface area contributed by atoms with E-state index in [-0.39, 0.29) is 5.54 Å². The Labute approximate surface area is 144 Å². The van der Waals surface area contributed by atoms with Crippen LogP contribution in [-0.2, 0) is 12.0 Å². The van der Waals surface area contributed by atoms with Crippen molar-refractivity contribution >= 4 is 28.3 Å². The number of amidine groups is 1. The maximum absolute atomic E-state index is 9.12. The fraction of sp³-hybridized carbons (Fsp3) is 0.333. The van der Waals surface area contributed by atoms with Gasteiger partial charge in [-0.15, -0.1) is 11.3 Å². The zero-order valence-electron chi connectivity index (χ0n) is 12.7. The second-order valence-corrected chi connectivity index (χ2v) is 8.33. The molecule has 0 fully saturated rings. The van der Waals surface area contributed by atoms with Gasteiger partial charge < -0.3 is 5.73 Å². The van der Waals surface area contributed by atoms with Crippen LogP contribution >= 0.6 is 23.1 Å². The van der Waals surface area contributed by atoms with Crippen LogP contribution in [0.4, 0.5) is 0 Å². The van der Waals surface area contributed by atoms with E-state index in [0.717, 1.165) is 35.7 Å². The van der Waals surface area contributed by atoms with Crippen LogP contribution in [0.1, 0.15) is 35.3 Å². The third-order valence-electron chi connectivity index (χ3n) is 4.67. The van der Waals surface area contributed by atoms with Gasteiger partial charge in [0.05, 0.1) is 17.2 Å². The van der Waals surface area contributed by atoms with E-state index in [0.29, 0.717) is 5.56 Å². The maximum Gasteiger partial charge on any atom is 0.154 e. The van der Waals surface area contributed by atoms with E-state index in [4.69, 9.17) is 16.0 Å². The highest BCUT2D eigenvalue weighted by Gasteiger charge is 2.39. The first-order valence-corrected chi connectivity index (χ1v) is 9.62. The van der Waals surface area contributed by atoms with E-state index >= 15 is 0 Å². The van der Waals surface area contributed by atoms with Gasteiger partial charge in [-0.3, -0.25) is 4.99 Å². The number of hydrogen-bond acceptors (Lipinski definition) is 5. The molecule has 1 spiro atoms. The lowest BCUT2D eigenvalue weighted by molar-refractivity contribution is 0.368. The number of nitrogens with zero attached hydrogens (tertiary/aromatic N) is 2. The molecule has 2 heterocycles. The SMILES string of the molecule is N#Cc1cccc(-c2cc3c(s2)CCCC32CCSC(N)=N2)c1. The van der Waals surface area contributed by atoms with Crippen LogP contribution in [0.15, 0.2) is 35.3 Å². The molecule has 2 N–H and O–H groups in total. The predicted molar refractivity (Wildman–Crippen MR) is 97.8 cm³/mol. The number of rotatable bonds is 1. The summed E-state index contributed by atoms with van der Waals surface area (Å²) in [7, 11) is 0. The van der Waals surface area contributed by atoms with Gasteiger partial charge in [0.1, 0.15) is 0 Å². The van der Waals surface area contributed by atoms with Gasteiger partial charge in [-0.2, -0.15) is 5.26 Å². The molecule has 0 radical (unpaired) electrons. The third-order valence-corrected chi connectivity index (χ3v) is 6.71. The monoisotopic (exact) mass is 339 g/mol. The van der Waals surface area contributed by atoms with Gasteiger partial charge in [0, 0.05) is 15.5 Å². The lowest BCUT2D eigenvalue weighted by Crippen LogP contribution is -2.34. The summed E-state index contributed by atoms with van der Waals surface area (Å²) in [6, 6.07) is 12.4. The molecule has 0 saturated carbocycles. The first-order valence-electron chi connectivity index (χ1n) is 7.82. The Bertz CT molecular complexity index is 831. The Morgan fingerprint density at radius 2 is 2.17 bits per heavy atom. The van der Waals surface area contributed by atoms with Gasteiger partial charge >= 0.3 is 0 Å². The van der Waals surface area contributed by atoms with Crippen molar-refractivity contribution in [1.82, 2.24) is 0 Å². The number of aliphatic imine (C=N–C) groups is 1. The normalized spacial score (nSPS) is 23.2. The highest BCUT2D eigenvalue weighted by Crippen LogP contribution is 2.48. The van der Waals surface area contributed by atoms with Crippen LogP contribution in [0, 0.1) is 11.3 Å². The molecule has 23 heavy (non-hydrogen) atoms. The van der Waals surface area contributed by atoms with Gasteiger partial charge in [0.25, 0.3) is 0 Å². The Hall–Kier alpha value is -1.77. The quantitative estimate of drug-likeness (QED) is 0.844. The molecule has 1 unspecified atom stereocenters. The number of nitriles is 1. The molecule has 116 valence electrons. The van der Waals surface area contributed by atoms with E-state index in [1.165, 1.54) is 21.7 Å². The molecule has 1 aromatic heterocycles. The number of thiophene rings is 1. The largest absolute Gasteiger partial charge is 0.379 e. The summed E-state index contributed by atoms with van der Waals surface area (Å²) in [6.45, 7) is 0. The third kappa shape index (κ3) is 2.56. The molecule has 1 atom stereocenters. The van der Waals surface area contributed by atoms with Crippen molar-refractivity contribution in [3.05, 3.63) is 46.3 Å². The van der Waals surface area contributed by atoms with Gasteiger partial charge in [-0.25, -0.2) is 0 Å². The van der Waals surface area contributed by atoms with Crippen molar-refractivity contribution in [2.45, 2.75) is 31.2 Å². The van der Waals surface area contributed by atoms with Crippen LogP contribution in [-0.4, -0.2) is 10.9 Å². The Balaban J connectivity index is 1.81. The standard InChI is InChI=1S/C18H17N3S2/c19-11-12-3-1-4-13(9-12)16-10-14-15(23-16)5-2-6-18(14)7-8-22-17(20)21-18/h1,3-4,9-10H,2,5-8H2,(H2,20,21). The van der Waals surface area contributed by atoms with Crippen LogP contribution in [0.2, 0.25) is 0 Å². The average molecular weight is 339 g/mol. The van der Waals surface area contributed by atoms with Crippen LogP contribution < -0.4 is 5.73 Å². The minimum Gasteiger partial charge on any atom is -0.379 e. The minimum atomic E-state index is -0.107. The summed E-state index contributed by atoms with van der Waals surface area (Å²) in [5.74, 6) is 1.05. The molecule has 1 aliphatic heterocycles. The lowest BCUT2D eigenvalue weighted by atomic mass is 9.78. The van der Waals surface area contributed by atoms with E-state index in [1.54, 1.807) is 11.8 Å². The number of fused-ring (bicyclic) bond motifs is 2. The molecule has 5 heteroatoms. The number of nitrogens with two attached hydrogens (primary N) is 1. The molecule has 1 aromatic carbocycles. The van der Waals surface area contributed by atoms with Crippen molar-refractivity contribution in [2.24, 2.45) is 10.7 Å². The molecule has 2 aromatic rings. The second-order valence-electron chi connectivity index (χ2n) is 6.07. The molecule has 0 amide bonds. The number of hydrogen-bond donors (Lipinski definition) is 1. The summed E-state index contributed by atoms with van der Waals surface area (Å²) in [5, 5.41) is 9.84. The van der Waals surface area contributed by atoms with Crippen LogP contribution in [0.3, 0.4) is 0 Å². The summed E-state index contributed by atoms with van der Waals surface area (Å²) in [5.41, 5.74) is 9.13. The first kappa shape index (κ1) is 14.8. The lowest BCUT2D eigenvalue weighted by Gasteiger charge is -2.36. The highest BCUT2D eigenvalue weighted by molar-refractivity contribution is 8.13. The molecular weight excluding hydrogens is 322 g/mol. The average Bonchev–Trinajstić information content (AvgIpc) is 3.01. The van der Waals surface area contributed by atoms with Crippen LogP contribution in [0.25, 0.3) is 10.4 Å². The van der Waals surface area contributed by atoms with Crippen molar-refractivity contribution < 1.29 is 0 Å². The molecule has 2 aliphatic rings. The molecule has 4 rings (SSSR count). The number of aryl methyl sites for hydroxylation is 1. The number of thioether (sulfide) groups is 1. The summed E-state index contributed by atoms with van der Waals surface area (Å²) in [4.78, 5) is 7.55. The van der Waals surface area contributed by atoms with E-state index < -0.39 is 0 Å². The summed E-state index contributed by atoms with van der Waals surface area (Å²) in [6.07, 6.45) is 4.46. The smallest absolute Gasteiger partial charge is 0.154 e. The second kappa shape index (κ2) is 5.70. The van der Waals surface area contributed by atoms with Crippen molar-refractivity contribution in [1.29, 1.82) is 5.26 Å². The van der Waals surface area contributed by atoms with Gasteiger partial charge in [-0.1, -0.05) is 23.9 Å². The Kier molecular flexibility index (Phi) is 3.67. The molecule has 3 nitrogen and oxygen atoms in total. The van der Waals surface area contributed by atoms with Gasteiger partial charge in [-0.05, 0) is 55.0 Å². The highest BCUT2D eigenvalue weighted by atomic mass is 32.2. The van der Waals surface area contributed by atoms with Crippen molar-refractivity contribution in [3.63, 3.8) is 0 Å². The first-order chi connectivity index (χ1) is 11.2. The molecular formula is C18H17N3S2. The molecule has 0 bridgehead atoms. The Morgan fingerprint density at radius 3 is 3.00 bits per heavy atom. The summed E-state index contributed by atoms with van der Waals surface area (Å²) < 4.78 is 0. The van der Waals surface area contributed by atoms with Crippen molar-refractivity contribution in [2.75, 3.05) is 5.75 Å². The predicted octanol–water partition coefficient (Wildman–Crippen LogP) is 4.27. The van der Waals surface area contributed by atoms with Crippen LogP contribution in [0.5, 0.6) is 0 Å². The Morgan fingerprint density at radius 1 is 1.26 bits per heavy atom. The molecule has 0 saturated heterocycles. The van der Waals surface area contributed by atoms with E-state index in [9.17, 15) is 0 Å². The zero-order chi connectivity index (χ0) is 15.9. The van der Waals surface area contributed by atoms with E-state index in [2.05, 4.69) is 18.2 Å². The fourth-order valence-electron chi connectivity index (χ4n) is 3.57. The fourth-order valence-corrected chi connectivity index (χ4v) is 5.75. The zero-order valence-corrected chi connectivity index (χ0v) is 14.3. The van der Waals surface area contributed by atoms with Gasteiger partial charge in [0.15, 0.2) is 5.17 Å². The minimum absolute atomic E-state index is 0.107. The topological polar surface area (TPSA) is 62.2 Å². The summed E-state index contributed by atoms with van der Waals surface area (Å²) >= 11 is 3.51. The van der Waals surface area contributed by atoms with Crippen molar-refractivity contribution in [3.8, 4) is 16.5 Å². The van der Waals surface area contributed by atoms with E-state index in [1.807, 2.05) is 29.5 Å². The molecule has 1 aliphatic carbocycles. The van der Waals surface area contributed by atoms with Gasteiger partial charge in [0.2, 0.25) is 0 Å². The maximum atomic E-state index is 9.12.